The molecule has 0 aliphatic carbocycles. The van der Waals surface area contributed by atoms with Crippen molar-refractivity contribution in [2.75, 3.05) is 20.3 Å². The number of hydrogen-bond acceptors (Lipinski definition) is 4. The smallest absolute Gasteiger partial charge is 0.267 e. The Kier molecular flexibility index (Phi) is 6.24. The van der Waals surface area contributed by atoms with Gasteiger partial charge in [-0.1, -0.05) is 37.6 Å². The number of carbonyl (C=O) groups is 2. The van der Waals surface area contributed by atoms with Crippen LogP contribution in [-0.4, -0.2) is 42.2 Å². The molecule has 1 aliphatic rings. The lowest BCUT2D eigenvalue weighted by molar-refractivity contribution is -0.136. The van der Waals surface area contributed by atoms with Gasteiger partial charge >= 0.3 is 0 Å². The summed E-state index contributed by atoms with van der Waals surface area (Å²) >= 11 is 1.47. The first-order valence-electron chi connectivity index (χ1n) is 8.20. The molecule has 0 radical (unpaired) electrons. The Bertz CT molecular complexity index is 679. The predicted octanol–water partition coefficient (Wildman–Crippen LogP) is 3.56. The molecule has 2 amide bonds. The number of amides is 2. The Morgan fingerprint density at radius 1 is 1.17 bits per heavy atom. The molecule has 0 aromatic heterocycles. The third-order valence-electron chi connectivity index (χ3n) is 3.86. The molecule has 0 saturated heterocycles. The molecular formula is C19H25NO3S. The monoisotopic (exact) mass is 347 g/mol. The van der Waals surface area contributed by atoms with E-state index in [0.29, 0.717) is 30.1 Å². The second kappa shape index (κ2) is 7.99. The Labute approximate surface area is 148 Å². The van der Waals surface area contributed by atoms with Crippen LogP contribution >= 0.6 is 11.8 Å². The number of aryl methyl sites for hydroxylation is 2. The zero-order valence-corrected chi connectivity index (χ0v) is 15.8. The molecule has 1 aliphatic heterocycles. The van der Waals surface area contributed by atoms with Crippen molar-refractivity contribution >= 4 is 29.1 Å². The molecule has 0 N–H and O–H groups in total. The summed E-state index contributed by atoms with van der Waals surface area (Å²) in [4.78, 5) is 27.7. The van der Waals surface area contributed by atoms with Gasteiger partial charge in [-0.05, 0) is 31.4 Å². The number of thioether (sulfide) groups is 1. The molecule has 1 aromatic rings. The maximum Gasteiger partial charge on any atom is 0.267 e. The first kappa shape index (κ1) is 18.7. The van der Waals surface area contributed by atoms with Crippen molar-refractivity contribution in [2.24, 2.45) is 0 Å². The highest BCUT2D eigenvalue weighted by Gasteiger charge is 2.39. The van der Waals surface area contributed by atoms with Crippen LogP contribution in [0.4, 0.5) is 0 Å². The van der Waals surface area contributed by atoms with Crippen LogP contribution in [-0.2, 0) is 14.3 Å². The highest BCUT2D eigenvalue weighted by molar-refractivity contribution is 8.04. The molecule has 1 aromatic carbocycles. The summed E-state index contributed by atoms with van der Waals surface area (Å²) in [5.41, 5.74) is 3.57. The van der Waals surface area contributed by atoms with Crippen molar-refractivity contribution in [3.05, 3.63) is 39.8 Å². The molecule has 0 bridgehead atoms. The first-order chi connectivity index (χ1) is 11.4. The number of imide groups is 1. The van der Waals surface area contributed by atoms with Crippen LogP contribution < -0.4 is 0 Å². The van der Waals surface area contributed by atoms with Gasteiger partial charge in [0.2, 0.25) is 0 Å². The fraction of sp³-hybridized carbons (Fsp3) is 0.474. The third kappa shape index (κ3) is 3.90. The van der Waals surface area contributed by atoms with Crippen molar-refractivity contribution in [3.63, 3.8) is 0 Å². The Morgan fingerprint density at radius 3 is 2.46 bits per heavy atom. The number of carbonyl (C=O) groups excluding carboxylic acids is 2. The highest BCUT2D eigenvalue weighted by atomic mass is 32.2. The zero-order chi connectivity index (χ0) is 17.9. The standard InChI is InChI=1S/C19H25NO3S/c1-12(2)24-17-16(15-8-7-13(3)11-14(15)4)18(21)20(19(17)22)9-6-10-23-5/h7-8,11-12H,6,9-10H2,1-5H3. The van der Waals surface area contributed by atoms with Crippen LogP contribution in [0.1, 0.15) is 37.0 Å². The highest BCUT2D eigenvalue weighted by Crippen LogP contribution is 2.39. The van der Waals surface area contributed by atoms with Gasteiger partial charge in [-0.3, -0.25) is 14.5 Å². The molecule has 2 rings (SSSR count). The maximum atomic E-state index is 12.9. The SMILES string of the molecule is COCCCN1C(=O)C(SC(C)C)=C(c2ccc(C)cc2C)C1=O. The van der Waals surface area contributed by atoms with Crippen molar-refractivity contribution < 1.29 is 14.3 Å². The van der Waals surface area contributed by atoms with Crippen LogP contribution in [0.5, 0.6) is 0 Å². The van der Waals surface area contributed by atoms with E-state index >= 15 is 0 Å². The van der Waals surface area contributed by atoms with E-state index < -0.39 is 0 Å². The lowest BCUT2D eigenvalue weighted by atomic mass is 9.99. The van der Waals surface area contributed by atoms with Crippen LogP contribution in [0.2, 0.25) is 0 Å². The molecule has 0 spiro atoms. The lowest BCUT2D eigenvalue weighted by Gasteiger charge is -2.15. The second-order valence-electron chi connectivity index (χ2n) is 6.30. The normalized spacial score (nSPS) is 15.2. The van der Waals surface area contributed by atoms with Crippen molar-refractivity contribution in [2.45, 2.75) is 39.4 Å². The maximum absolute atomic E-state index is 12.9. The van der Waals surface area contributed by atoms with Crippen LogP contribution in [0.15, 0.2) is 23.1 Å². The van der Waals surface area contributed by atoms with Crippen LogP contribution in [0.3, 0.4) is 0 Å². The number of benzene rings is 1. The first-order valence-corrected chi connectivity index (χ1v) is 9.08. The topological polar surface area (TPSA) is 46.6 Å². The van der Waals surface area contributed by atoms with E-state index in [1.165, 1.54) is 16.7 Å². The molecule has 1 heterocycles. The van der Waals surface area contributed by atoms with Gasteiger partial charge in [-0.2, -0.15) is 0 Å². The summed E-state index contributed by atoms with van der Waals surface area (Å²) < 4.78 is 5.04. The lowest BCUT2D eigenvalue weighted by Crippen LogP contribution is -2.33. The minimum Gasteiger partial charge on any atom is -0.385 e. The molecule has 24 heavy (non-hydrogen) atoms. The van der Waals surface area contributed by atoms with E-state index in [1.54, 1.807) is 7.11 Å². The summed E-state index contributed by atoms with van der Waals surface area (Å²) in [5.74, 6) is -0.365. The summed E-state index contributed by atoms with van der Waals surface area (Å²) in [5, 5.41) is 0.233. The van der Waals surface area contributed by atoms with Gasteiger partial charge in [0.05, 0.1) is 10.5 Å². The number of hydrogen-bond donors (Lipinski definition) is 0. The van der Waals surface area contributed by atoms with Gasteiger partial charge in [0.15, 0.2) is 0 Å². The fourth-order valence-corrected chi connectivity index (χ4v) is 3.80. The van der Waals surface area contributed by atoms with Crippen molar-refractivity contribution in [1.29, 1.82) is 0 Å². The largest absolute Gasteiger partial charge is 0.385 e. The van der Waals surface area contributed by atoms with E-state index in [4.69, 9.17) is 4.74 Å². The summed E-state index contributed by atoms with van der Waals surface area (Å²) in [6.45, 7) is 8.99. The van der Waals surface area contributed by atoms with Crippen molar-refractivity contribution in [1.82, 2.24) is 4.90 Å². The summed E-state index contributed by atoms with van der Waals surface area (Å²) in [6, 6.07) is 5.98. The summed E-state index contributed by atoms with van der Waals surface area (Å²) in [7, 11) is 1.62. The van der Waals surface area contributed by atoms with Gasteiger partial charge < -0.3 is 4.74 Å². The molecule has 0 atom stereocenters. The average molecular weight is 347 g/mol. The third-order valence-corrected chi connectivity index (χ3v) is 4.95. The molecule has 0 fully saturated rings. The number of rotatable bonds is 7. The van der Waals surface area contributed by atoms with Gasteiger partial charge in [-0.15, -0.1) is 11.8 Å². The molecule has 130 valence electrons. The Morgan fingerprint density at radius 2 is 1.88 bits per heavy atom. The van der Waals surface area contributed by atoms with Crippen LogP contribution in [0.25, 0.3) is 5.57 Å². The number of ether oxygens (including phenoxy) is 1. The molecule has 5 heteroatoms. The average Bonchev–Trinajstić information content (AvgIpc) is 2.72. The second-order valence-corrected chi connectivity index (χ2v) is 7.88. The fourth-order valence-electron chi connectivity index (χ4n) is 2.80. The van der Waals surface area contributed by atoms with E-state index in [2.05, 4.69) is 0 Å². The minimum atomic E-state index is -0.189. The zero-order valence-electron chi connectivity index (χ0n) is 15.0. The van der Waals surface area contributed by atoms with Gasteiger partial charge in [-0.25, -0.2) is 0 Å². The quantitative estimate of drug-likeness (QED) is 0.559. The van der Waals surface area contributed by atoms with Crippen molar-refractivity contribution in [3.8, 4) is 0 Å². The van der Waals surface area contributed by atoms with Crippen LogP contribution in [0, 0.1) is 13.8 Å². The van der Waals surface area contributed by atoms with E-state index in [-0.39, 0.29) is 17.1 Å². The minimum absolute atomic E-state index is 0.176. The van der Waals surface area contributed by atoms with Gasteiger partial charge in [0.1, 0.15) is 0 Å². The van der Waals surface area contributed by atoms with E-state index in [0.717, 1.165) is 16.7 Å². The molecular weight excluding hydrogens is 322 g/mol. The molecule has 0 saturated carbocycles. The Balaban J connectivity index is 2.43. The summed E-state index contributed by atoms with van der Waals surface area (Å²) in [6.07, 6.45) is 0.647. The number of methoxy groups -OCH3 is 1. The van der Waals surface area contributed by atoms with E-state index in [9.17, 15) is 9.59 Å². The van der Waals surface area contributed by atoms with E-state index in [1.807, 2.05) is 45.9 Å². The molecule has 4 nitrogen and oxygen atoms in total. The Hall–Kier alpha value is -1.59. The predicted molar refractivity (Wildman–Crippen MR) is 98.8 cm³/mol. The number of nitrogens with zero attached hydrogens (tertiary/aromatic N) is 1. The van der Waals surface area contributed by atoms with Gasteiger partial charge in [0.25, 0.3) is 11.8 Å². The molecule has 0 unspecified atom stereocenters. The van der Waals surface area contributed by atoms with Gasteiger partial charge in [0, 0.05) is 25.5 Å².